The molecule has 11 atom stereocenters. The number of hydrogen-bond donors (Lipinski definition) is 7. The fraction of sp³-hybridized carbons (Fsp3) is 0.737. The summed E-state index contributed by atoms with van der Waals surface area (Å²) in [5.74, 6) is -0.406. The Kier molecular flexibility index (Phi) is 39.4. The molecule has 408 valence electrons. The smallest absolute Gasteiger partial charge is 0.306 e. The molecule has 14 heteroatoms. The van der Waals surface area contributed by atoms with Crippen molar-refractivity contribution in [3.63, 3.8) is 0 Å². The van der Waals surface area contributed by atoms with Crippen LogP contribution in [0.2, 0.25) is 0 Å². The Morgan fingerprint density at radius 1 is 0.479 bits per heavy atom. The fourth-order valence-corrected chi connectivity index (χ4v) is 7.99. The van der Waals surface area contributed by atoms with Gasteiger partial charge in [-0.3, -0.25) is 4.79 Å². The van der Waals surface area contributed by atoms with Crippen LogP contribution in [0.15, 0.2) is 85.1 Å². The van der Waals surface area contributed by atoms with Crippen LogP contribution in [0.5, 0.6) is 0 Å². The molecule has 7 N–H and O–H groups in total. The Labute approximate surface area is 427 Å². The Balaban J connectivity index is 1.76. The zero-order valence-electron chi connectivity index (χ0n) is 43.4. The Bertz CT molecular complexity index is 1490. The zero-order valence-corrected chi connectivity index (χ0v) is 43.4. The van der Waals surface area contributed by atoms with Crippen molar-refractivity contribution >= 4 is 5.97 Å². The van der Waals surface area contributed by atoms with Gasteiger partial charge < -0.3 is 64.2 Å². The first-order chi connectivity index (χ1) is 34.6. The first kappa shape index (κ1) is 64.3. The Morgan fingerprint density at radius 2 is 0.915 bits per heavy atom. The highest BCUT2D eigenvalue weighted by Gasteiger charge is 2.47. The van der Waals surface area contributed by atoms with Gasteiger partial charge in [0, 0.05) is 13.0 Å². The molecule has 14 nitrogen and oxygen atoms in total. The van der Waals surface area contributed by atoms with Crippen LogP contribution in [0, 0.1) is 0 Å². The van der Waals surface area contributed by atoms with Crippen LogP contribution < -0.4 is 0 Å². The van der Waals surface area contributed by atoms with Gasteiger partial charge in [0.05, 0.1) is 26.4 Å². The number of ether oxygens (including phenoxy) is 6. The first-order valence-corrected chi connectivity index (χ1v) is 27.2. The summed E-state index contributed by atoms with van der Waals surface area (Å²) in [7, 11) is 0. The number of hydrogen-bond acceptors (Lipinski definition) is 14. The fourth-order valence-electron chi connectivity index (χ4n) is 7.99. The van der Waals surface area contributed by atoms with Crippen molar-refractivity contribution in [2.45, 2.75) is 235 Å². The predicted molar refractivity (Wildman–Crippen MR) is 279 cm³/mol. The molecule has 71 heavy (non-hydrogen) atoms. The molecule has 0 aromatic carbocycles. The molecule has 2 heterocycles. The van der Waals surface area contributed by atoms with Gasteiger partial charge in [-0.05, 0) is 89.9 Å². The van der Waals surface area contributed by atoms with Gasteiger partial charge in [0.1, 0.15) is 54.9 Å². The second-order valence-electron chi connectivity index (χ2n) is 18.7. The summed E-state index contributed by atoms with van der Waals surface area (Å²) in [5.41, 5.74) is 0. The summed E-state index contributed by atoms with van der Waals surface area (Å²) in [5, 5.41) is 72.2. The van der Waals surface area contributed by atoms with Crippen LogP contribution in [-0.4, -0.2) is 142 Å². The predicted octanol–water partition coefficient (Wildman–Crippen LogP) is 8.85. The summed E-state index contributed by atoms with van der Waals surface area (Å²) < 4.78 is 34.3. The van der Waals surface area contributed by atoms with Crippen LogP contribution in [0.3, 0.4) is 0 Å². The van der Waals surface area contributed by atoms with E-state index in [1.165, 1.54) is 51.4 Å². The van der Waals surface area contributed by atoms with Crippen LogP contribution in [0.1, 0.15) is 168 Å². The van der Waals surface area contributed by atoms with E-state index in [0.717, 1.165) is 89.9 Å². The Hall–Kier alpha value is -2.83. The van der Waals surface area contributed by atoms with E-state index < -0.39 is 86.7 Å². The van der Waals surface area contributed by atoms with Crippen LogP contribution >= 0.6 is 0 Å². The zero-order chi connectivity index (χ0) is 51.6. The maximum Gasteiger partial charge on any atom is 0.306 e. The minimum absolute atomic E-state index is 0.0418. The molecule has 0 amide bonds. The van der Waals surface area contributed by atoms with Crippen molar-refractivity contribution in [3.05, 3.63) is 85.1 Å². The second-order valence-corrected chi connectivity index (χ2v) is 18.7. The van der Waals surface area contributed by atoms with Crippen molar-refractivity contribution in [2.24, 2.45) is 0 Å². The highest BCUT2D eigenvalue weighted by molar-refractivity contribution is 5.69. The standard InChI is InChI=1S/C57H96O14/c1-3-5-7-9-11-13-15-17-19-20-21-22-23-24-25-26-27-28-30-32-34-36-38-40-49(59)69-46(43-66-41-39-37-35-33-31-29-18-16-14-12-10-8-6-4-2)44-67-56-55(65)53(63)51(61)48(71-56)45-68-57-54(64)52(62)50(60)47(42-58)70-57/h5,7,11,13-14,16-17,19,21-22,24-25,27-28,46-48,50-58,60-65H,3-4,6,8-10,12,15,18,20,23,26,29-45H2,1-2H3/b7-5-,13-11-,16-14-,19-17-,22-21-,25-24-,28-27-. The molecule has 11 unspecified atom stereocenters. The lowest BCUT2D eigenvalue weighted by atomic mass is 9.98. The monoisotopic (exact) mass is 1000 g/mol. The molecule has 0 saturated carbocycles. The van der Waals surface area contributed by atoms with Crippen LogP contribution in [0.4, 0.5) is 0 Å². The highest BCUT2D eigenvalue weighted by Crippen LogP contribution is 2.26. The summed E-state index contributed by atoms with van der Waals surface area (Å²) in [6.45, 7) is 3.49. The van der Waals surface area contributed by atoms with Gasteiger partial charge in [-0.25, -0.2) is 0 Å². The number of aliphatic hydroxyl groups excluding tert-OH is 7. The van der Waals surface area contributed by atoms with E-state index in [2.05, 4.69) is 98.9 Å². The highest BCUT2D eigenvalue weighted by atomic mass is 16.7. The number of esters is 1. The number of unbranched alkanes of at least 4 members (excludes halogenated alkanes) is 14. The molecule has 2 fully saturated rings. The van der Waals surface area contributed by atoms with Gasteiger partial charge in [0.25, 0.3) is 0 Å². The van der Waals surface area contributed by atoms with Crippen molar-refractivity contribution in [1.82, 2.24) is 0 Å². The number of aliphatic hydroxyl groups is 7. The second kappa shape index (κ2) is 43.6. The van der Waals surface area contributed by atoms with Gasteiger partial charge in [-0.15, -0.1) is 0 Å². The van der Waals surface area contributed by atoms with Gasteiger partial charge in [0.2, 0.25) is 0 Å². The lowest BCUT2D eigenvalue weighted by molar-refractivity contribution is -0.332. The summed E-state index contributed by atoms with van der Waals surface area (Å²) >= 11 is 0. The maximum atomic E-state index is 13.0. The number of rotatable bonds is 42. The lowest BCUT2D eigenvalue weighted by Gasteiger charge is -2.42. The third-order valence-electron chi connectivity index (χ3n) is 12.4. The summed E-state index contributed by atoms with van der Waals surface area (Å²) in [6.07, 6.45) is 39.2. The molecule has 0 aliphatic carbocycles. The van der Waals surface area contributed by atoms with E-state index in [1.807, 2.05) is 0 Å². The van der Waals surface area contributed by atoms with E-state index in [1.54, 1.807) is 0 Å². The van der Waals surface area contributed by atoms with Crippen LogP contribution in [0.25, 0.3) is 0 Å². The largest absolute Gasteiger partial charge is 0.457 e. The number of carbonyl (C=O) groups excluding carboxylic acids is 1. The average molecular weight is 1010 g/mol. The molecule has 0 aromatic rings. The summed E-state index contributed by atoms with van der Waals surface area (Å²) in [4.78, 5) is 13.0. The van der Waals surface area contributed by atoms with E-state index in [-0.39, 0.29) is 19.6 Å². The SMILES string of the molecule is CC/C=C\C/C=C\C/C=C\C/C=C\C/C=C\C/C=C\CCCCCCC(=O)OC(COCCCCCCCC/C=C\CCCCCC)COC1OC(COC2OC(CO)C(O)C(O)C2O)C(O)C(O)C1O. The quantitative estimate of drug-likeness (QED) is 0.0173. The third-order valence-corrected chi connectivity index (χ3v) is 12.4. The van der Waals surface area contributed by atoms with E-state index in [0.29, 0.717) is 13.0 Å². The van der Waals surface area contributed by atoms with E-state index in [4.69, 9.17) is 28.4 Å². The molecule has 2 aliphatic heterocycles. The normalized spacial score (nSPS) is 26.0. The molecule has 2 aliphatic rings. The lowest BCUT2D eigenvalue weighted by Crippen LogP contribution is -2.61. The van der Waals surface area contributed by atoms with Crippen molar-refractivity contribution in [2.75, 3.05) is 33.0 Å². The topological polar surface area (TPSA) is 214 Å². The van der Waals surface area contributed by atoms with Crippen molar-refractivity contribution in [3.8, 4) is 0 Å². The molecule has 2 saturated heterocycles. The van der Waals surface area contributed by atoms with E-state index >= 15 is 0 Å². The average Bonchev–Trinajstić information content (AvgIpc) is 3.37. The first-order valence-electron chi connectivity index (χ1n) is 27.2. The molecular weight excluding hydrogens is 909 g/mol. The van der Waals surface area contributed by atoms with Gasteiger partial charge in [-0.2, -0.15) is 0 Å². The van der Waals surface area contributed by atoms with E-state index in [9.17, 15) is 40.5 Å². The minimum atomic E-state index is -1.72. The maximum absolute atomic E-state index is 13.0. The molecule has 0 bridgehead atoms. The molecule has 0 aromatic heterocycles. The molecular formula is C57H96O14. The van der Waals surface area contributed by atoms with Crippen LogP contribution in [-0.2, 0) is 33.2 Å². The van der Waals surface area contributed by atoms with Crippen molar-refractivity contribution < 1.29 is 69.0 Å². The number of allylic oxidation sites excluding steroid dienone is 14. The third kappa shape index (κ3) is 30.8. The number of carbonyl (C=O) groups is 1. The summed E-state index contributed by atoms with van der Waals surface area (Å²) in [6, 6.07) is 0. The Morgan fingerprint density at radius 3 is 1.45 bits per heavy atom. The van der Waals surface area contributed by atoms with Gasteiger partial charge in [-0.1, -0.05) is 157 Å². The van der Waals surface area contributed by atoms with Gasteiger partial charge >= 0.3 is 5.97 Å². The molecule has 0 radical (unpaired) electrons. The minimum Gasteiger partial charge on any atom is -0.457 e. The van der Waals surface area contributed by atoms with Crippen molar-refractivity contribution in [1.29, 1.82) is 0 Å². The van der Waals surface area contributed by atoms with Gasteiger partial charge in [0.15, 0.2) is 12.6 Å². The molecule has 0 spiro atoms. The molecule has 2 rings (SSSR count).